The number of aliphatic hydroxyl groups is 2. The summed E-state index contributed by atoms with van der Waals surface area (Å²) >= 11 is 0. The Balaban J connectivity index is 2.37. The Morgan fingerprint density at radius 1 is 1.44 bits per heavy atom. The van der Waals surface area contributed by atoms with Gasteiger partial charge in [-0.25, -0.2) is 0 Å². The molecule has 3 atom stereocenters. The SMILES string of the molecule is CC(C)C(O)CC(=O)NCC1(C)CCCCC1O. The molecule has 1 aliphatic rings. The van der Waals surface area contributed by atoms with Crippen LogP contribution in [-0.2, 0) is 4.79 Å². The zero-order valence-corrected chi connectivity index (χ0v) is 11.8. The van der Waals surface area contributed by atoms with E-state index in [1.165, 1.54) is 0 Å². The van der Waals surface area contributed by atoms with Crippen LogP contribution in [0, 0.1) is 11.3 Å². The summed E-state index contributed by atoms with van der Waals surface area (Å²) in [6, 6.07) is 0. The van der Waals surface area contributed by atoms with Gasteiger partial charge in [-0.15, -0.1) is 0 Å². The molecule has 1 saturated carbocycles. The molecule has 4 nitrogen and oxygen atoms in total. The number of hydrogen-bond acceptors (Lipinski definition) is 3. The lowest BCUT2D eigenvalue weighted by Gasteiger charge is -2.38. The molecule has 18 heavy (non-hydrogen) atoms. The van der Waals surface area contributed by atoms with Crippen molar-refractivity contribution in [3.63, 3.8) is 0 Å². The van der Waals surface area contributed by atoms with E-state index in [0.717, 1.165) is 25.7 Å². The van der Waals surface area contributed by atoms with Crippen molar-refractivity contribution in [2.24, 2.45) is 11.3 Å². The first-order valence-electron chi connectivity index (χ1n) is 6.98. The number of aliphatic hydroxyl groups excluding tert-OH is 2. The Morgan fingerprint density at radius 3 is 2.67 bits per heavy atom. The standard InChI is InChI=1S/C14H27NO3/c1-10(2)11(16)8-13(18)15-9-14(3)7-5-4-6-12(14)17/h10-12,16-17H,4-9H2,1-3H3,(H,15,18). The van der Waals surface area contributed by atoms with Gasteiger partial charge in [0.25, 0.3) is 0 Å². The number of amides is 1. The maximum atomic E-state index is 11.7. The molecule has 0 spiro atoms. The highest BCUT2D eigenvalue weighted by molar-refractivity contribution is 5.76. The van der Waals surface area contributed by atoms with Crippen LogP contribution in [0.1, 0.15) is 52.9 Å². The Kier molecular flexibility index (Phi) is 5.60. The molecular formula is C14H27NO3. The summed E-state index contributed by atoms with van der Waals surface area (Å²) in [6.45, 7) is 6.31. The zero-order valence-electron chi connectivity index (χ0n) is 11.8. The molecule has 0 aromatic rings. The van der Waals surface area contributed by atoms with Crippen LogP contribution in [0.15, 0.2) is 0 Å². The van der Waals surface area contributed by atoms with Gasteiger partial charge in [-0.1, -0.05) is 33.6 Å². The lowest BCUT2D eigenvalue weighted by molar-refractivity contribution is -0.124. The highest BCUT2D eigenvalue weighted by Gasteiger charge is 2.35. The van der Waals surface area contributed by atoms with Gasteiger partial charge in [0.15, 0.2) is 0 Å². The number of rotatable bonds is 5. The summed E-state index contributed by atoms with van der Waals surface area (Å²) in [6.07, 6.45) is 3.16. The fourth-order valence-corrected chi connectivity index (χ4v) is 2.39. The van der Waals surface area contributed by atoms with E-state index >= 15 is 0 Å². The molecule has 0 aromatic carbocycles. The van der Waals surface area contributed by atoms with Gasteiger partial charge in [-0.3, -0.25) is 4.79 Å². The largest absolute Gasteiger partial charge is 0.392 e. The van der Waals surface area contributed by atoms with Crippen LogP contribution in [0.5, 0.6) is 0 Å². The molecule has 4 heteroatoms. The van der Waals surface area contributed by atoms with E-state index in [2.05, 4.69) is 5.32 Å². The summed E-state index contributed by atoms with van der Waals surface area (Å²) in [5, 5.41) is 22.5. The van der Waals surface area contributed by atoms with Crippen LogP contribution >= 0.6 is 0 Å². The topological polar surface area (TPSA) is 69.6 Å². The summed E-state index contributed by atoms with van der Waals surface area (Å²) in [5.41, 5.74) is -0.212. The lowest BCUT2D eigenvalue weighted by Crippen LogP contribution is -2.45. The minimum absolute atomic E-state index is 0.0895. The summed E-state index contributed by atoms with van der Waals surface area (Å²) in [7, 11) is 0. The predicted octanol–water partition coefficient (Wildman–Crippen LogP) is 1.45. The number of carbonyl (C=O) groups is 1. The number of carbonyl (C=O) groups excluding carboxylic acids is 1. The summed E-state index contributed by atoms with van der Waals surface area (Å²) in [5.74, 6) is -0.0400. The van der Waals surface area contributed by atoms with E-state index in [1.807, 2.05) is 20.8 Å². The maximum Gasteiger partial charge on any atom is 0.222 e. The van der Waals surface area contributed by atoms with Crippen LogP contribution in [0.3, 0.4) is 0 Å². The summed E-state index contributed by atoms with van der Waals surface area (Å²) < 4.78 is 0. The highest BCUT2D eigenvalue weighted by Crippen LogP contribution is 2.35. The summed E-state index contributed by atoms with van der Waals surface area (Å²) in [4.78, 5) is 11.7. The van der Waals surface area contributed by atoms with Gasteiger partial charge in [0, 0.05) is 12.0 Å². The van der Waals surface area contributed by atoms with Crippen molar-refractivity contribution >= 4 is 5.91 Å². The second kappa shape index (κ2) is 6.53. The Bertz CT molecular complexity index is 280. The molecule has 1 amide bonds. The van der Waals surface area contributed by atoms with Crippen LogP contribution in [0.25, 0.3) is 0 Å². The van der Waals surface area contributed by atoms with Crippen molar-refractivity contribution in [2.45, 2.75) is 65.1 Å². The van der Waals surface area contributed by atoms with Gasteiger partial charge in [-0.2, -0.15) is 0 Å². The van der Waals surface area contributed by atoms with Gasteiger partial charge in [0.1, 0.15) is 0 Å². The van der Waals surface area contributed by atoms with E-state index < -0.39 is 6.10 Å². The molecule has 0 saturated heterocycles. The smallest absolute Gasteiger partial charge is 0.222 e. The van der Waals surface area contributed by atoms with Crippen LogP contribution in [0.2, 0.25) is 0 Å². The number of hydrogen-bond donors (Lipinski definition) is 3. The molecule has 0 aromatic heterocycles. The second-order valence-corrected chi connectivity index (χ2v) is 6.21. The molecular weight excluding hydrogens is 230 g/mol. The van der Waals surface area contributed by atoms with Gasteiger partial charge in [0.2, 0.25) is 5.91 Å². The average molecular weight is 257 g/mol. The Hall–Kier alpha value is -0.610. The van der Waals surface area contributed by atoms with E-state index in [1.54, 1.807) is 0 Å². The number of nitrogens with one attached hydrogen (secondary N) is 1. The first-order chi connectivity index (χ1) is 8.35. The fraction of sp³-hybridized carbons (Fsp3) is 0.929. The third kappa shape index (κ3) is 4.25. The van der Waals surface area contributed by atoms with Crippen molar-refractivity contribution < 1.29 is 15.0 Å². The van der Waals surface area contributed by atoms with Crippen molar-refractivity contribution in [3.8, 4) is 0 Å². The highest BCUT2D eigenvalue weighted by atomic mass is 16.3. The van der Waals surface area contributed by atoms with Gasteiger partial charge >= 0.3 is 0 Å². The molecule has 3 unspecified atom stereocenters. The van der Waals surface area contributed by atoms with Crippen LogP contribution < -0.4 is 5.32 Å². The normalized spacial score (nSPS) is 30.2. The first kappa shape index (κ1) is 15.4. The van der Waals surface area contributed by atoms with Crippen molar-refractivity contribution in [1.29, 1.82) is 0 Å². The quantitative estimate of drug-likeness (QED) is 0.698. The zero-order chi connectivity index (χ0) is 13.8. The lowest BCUT2D eigenvalue weighted by atomic mass is 9.73. The molecule has 0 aliphatic heterocycles. The van der Waals surface area contributed by atoms with E-state index in [-0.39, 0.29) is 29.8 Å². The molecule has 0 radical (unpaired) electrons. The van der Waals surface area contributed by atoms with Crippen molar-refractivity contribution in [2.75, 3.05) is 6.54 Å². The van der Waals surface area contributed by atoms with E-state index in [4.69, 9.17) is 0 Å². The predicted molar refractivity (Wildman–Crippen MR) is 71.1 cm³/mol. The fourth-order valence-electron chi connectivity index (χ4n) is 2.39. The van der Waals surface area contributed by atoms with E-state index in [9.17, 15) is 15.0 Å². The van der Waals surface area contributed by atoms with Gasteiger partial charge < -0.3 is 15.5 Å². The first-order valence-corrected chi connectivity index (χ1v) is 6.98. The molecule has 1 aliphatic carbocycles. The monoisotopic (exact) mass is 257 g/mol. The van der Waals surface area contributed by atoms with Gasteiger partial charge in [-0.05, 0) is 18.8 Å². The molecule has 1 rings (SSSR count). The molecule has 0 bridgehead atoms. The molecule has 106 valence electrons. The molecule has 1 fully saturated rings. The van der Waals surface area contributed by atoms with Crippen LogP contribution in [0.4, 0.5) is 0 Å². The molecule has 3 N–H and O–H groups in total. The third-order valence-corrected chi connectivity index (χ3v) is 4.13. The van der Waals surface area contributed by atoms with Crippen LogP contribution in [-0.4, -0.2) is 34.9 Å². The third-order valence-electron chi connectivity index (χ3n) is 4.13. The minimum Gasteiger partial charge on any atom is -0.392 e. The second-order valence-electron chi connectivity index (χ2n) is 6.21. The Morgan fingerprint density at radius 2 is 2.11 bits per heavy atom. The van der Waals surface area contributed by atoms with Gasteiger partial charge in [0.05, 0.1) is 18.6 Å². The van der Waals surface area contributed by atoms with E-state index in [0.29, 0.717) is 6.54 Å². The maximum absolute atomic E-state index is 11.7. The minimum atomic E-state index is -0.589. The molecule has 0 heterocycles. The van der Waals surface area contributed by atoms with Crippen molar-refractivity contribution in [1.82, 2.24) is 5.32 Å². The average Bonchev–Trinajstić information content (AvgIpc) is 2.31. The Labute approximate surface area is 110 Å². The van der Waals surface area contributed by atoms with Crippen molar-refractivity contribution in [3.05, 3.63) is 0 Å².